The first-order valence-corrected chi connectivity index (χ1v) is 10.7. The Balaban J connectivity index is 1.27. The molecule has 1 aliphatic heterocycles. The third kappa shape index (κ3) is 5.13. The Kier molecular flexibility index (Phi) is 6.54. The van der Waals surface area contributed by atoms with Crippen LogP contribution in [0.3, 0.4) is 0 Å². The molecule has 2 aromatic carbocycles. The lowest BCUT2D eigenvalue weighted by molar-refractivity contribution is -0.121. The van der Waals surface area contributed by atoms with E-state index < -0.39 is 0 Å². The summed E-state index contributed by atoms with van der Waals surface area (Å²) in [6.45, 7) is 4.34. The molecule has 0 aliphatic carbocycles. The number of likely N-dealkylation sites (tertiary alicyclic amines) is 1. The van der Waals surface area contributed by atoms with Crippen molar-refractivity contribution in [1.82, 2.24) is 20.0 Å². The number of hydrogen-bond donors (Lipinski definition) is 1. The Labute approximate surface area is 176 Å². The fourth-order valence-corrected chi connectivity index (χ4v) is 3.97. The second-order valence-corrected chi connectivity index (χ2v) is 7.93. The van der Waals surface area contributed by atoms with Gasteiger partial charge in [0.05, 0.1) is 18.3 Å². The Bertz CT molecular complexity index is 1050. The molecule has 0 spiro atoms. The predicted octanol–water partition coefficient (Wildman–Crippen LogP) is 3.09. The van der Waals surface area contributed by atoms with Crippen molar-refractivity contribution < 1.29 is 4.79 Å². The van der Waals surface area contributed by atoms with Gasteiger partial charge in [-0.1, -0.05) is 42.8 Å². The second kappa shape index (κ2) is 9.67. The SMILES string of the molecule is O=C(CCn1ncc(=O)c2ccccc21)NCc1ccc(CN2CCCCC2)cc1. The molecule has 156 valence electrons. The summed E-state index contributed by atoms with van der Waals surface area (Å²) in [5, 5.41) is 7.77. The summed E-state index contributed by atoms with van der Waals surface area (Å²) >= 11 is 0. The van der Waals surface area contributed by atoms with Crippen molar-refractivity contribution in [1.29, 1.82) is 0 Å². The number of benzene rings is 2. The molecule has 1 fully saturated rings. The van der Waals surface area contributed by atoms with Crippen molar-refractivity contribution >= 4 is 16.8 Å². The van der Waals surface area contributed by atoms with E-state index in [1.165, 1.54) is 44.1 Å². The lowest BCUT2D eigenvalue weighted by Crippen LogP contribution is -2.29. The molecular formula is C24H28N4O2. The minimum Gasteiger partial charge on any atom is -0.352 e. The number of rotatable bonds is 7. The third-order valence-electron chi connectivity index (χ3n) is 5.68. The number of aryl methyl sites for hydroxylation is 1. The van der Waals surface area contributed by atoms with Crippen molar-refractivity contribution in [2.24, 2.45) is 0 Å². The number of aromatic nitrogens is 2. The van der Waals surface area contributed by atoms with E-state index >= 15 is 0 Å². The molecule has 1 amide bonds. The highest BCUT2D eigenvalue weighted by molar-refractivity contribution is 5.79. The van der Waals surface area contributed by atoms with Crippen LogP contribution in [0.5, 0.6) is 0 Å². The summed E-state index contributed by atoms with van der Waals surface area (Å²) in [5.74, 6) is -0.0306. The van der Waals surface area contributed by atoms with Gasteiger partial charge in [-0.2, -0.15) is 5.10 Å². The minimum absolute atomic E-state index is 0.0306. The Morgan fingerprint density at radius 3 is 2.50 bits per heavy atom. The van der Waals surface area contributed by atoms with Gasteiger partial charge in [0.25, 0.3) is 0 Å². The van der Waals surface area contributed by atoms with E-state index in [4.69, 9.17) is 0 Å². The number of fused-ring (bicyclic) bond motifs is 1. The fraction of sp³-hybridized carbons (Fsp3) is 0.375. The predicted molar refractivity (Wildman–Crippen MR) is 118 cm³/mol. The van der Waals surface area contributed by atoms with E-state index in [2.05, 4.69) is 39.6 Å². The molecule has 3 aromatic rings. The molecule has 4 rings (SSSR count). The van der Waals surface area contributed by atoms with Crippen LogP contribution in [0, 0.1) is 0 Å². The Hall–Kier alpha value is -2.99. The van der Waals surface area contributed by atoms with Crippen LogP contribution in [-0.4, -0.2) is 33.7 Å². The topological polar surface area (TPSA) is 67.2 Å². The summed E-state index contributed by atoms with van der Waals surface area (Å²) in [6.07, 6.45) is 5.58. The van der Waals surface area contributed by atoms with E-state index in [0.29, 0.717) is 24.9 Å². The highest BCUT2D eigenvalue weighted by Gasteiger charge is 2.10. The Morgan fingerprint density at radius 2 is 1.70 bits per heavy atom. The lowest BCUT2D eigenvalue weighted by Gasteiger charge is -2.26. The van der Waals surface area contributed by atoms with Crippen molar-refractivity contribution in [3.63, 3.8) is 0 Å². The van der Waals surface area contributed by atoms with Crippen LogP contribution in [0.15, 0.2) is 59.5 Å². The van der Waals surface area contributed by atoms with E-state index in [1.54, 1.807) is 10.7 Å². The van der Waals surface area contributed by atoms with Crippen molar-refractivity contribution in [3.8, 4) is 0 Å². The normalized spacial score (nSPS) is 14.7. The van der Waals surface area contributed by atoms with Gasteiger partial charge in [-0.3, -0.25) is 19.2 Å². The molecule has 0 bridgehead atoms. The van der Waals surface area contributed by atoms with Gasteiger partial charge < -0.3 is 5.32 Å². The molecule has 30 heavy (non-hydrogen) atoms. The zero-order valence-electron chi connectivity index (χ0n) is 17.2. The quantitative estimate of drug-likeness (QED) is 0.657. The summed E-state index contributed by atoms with van der Waals surface area (Å²) in [7, 11) is 0. The minimum atomic E-state index is -0.102. The highest BCUT2D eigenvalue weighted by atomic mass is 16.1. The molecule has 0 saturated carbocycles. The maximum atomic E-state index is 12.3. The second-order valence-electron chi connectivity index (χ2n) is 7.93. The number of hydrogen-bond acceptors (Lipinski definition) is 4. The fourth-order valence-electron chi connectivity index (χ4n) is 3.97. The molecule has 1 saturated heterocycles. The van der Waals surface area contributed by atoms with Crippen LogP contribution in [-0.2, 0) is 24.4 Å². The van der Waals surface area contributed by atoms with Gasteiger partial charge in [0.2, 0.25) is 11.3 Å². The summed E-state index contributed by atoms with van der Waals surface area (Å²) < 4.78 is 1.71. The average molecular weight is 405 g/mol. The molecule has 0 atom stereocenters. The maximum Gasteiger partial charge on any atom is 0.222 e. The van der Waals surface area contributed by atoms with Gasteiger partial charge in [0, 0.05) is 24.9 Å². The van der Waals surface area contributed by atoms with Gasteiger partial charge in [-0.05, 0) is 49.2 Å². The molecule has 1 N–H and O–H groups in total. The first-order chi connectivity index (χ1) is 14.7. The molecule has 1 aliphatic rings. The van der Waals surface area contributed by atoms with Crippen LogP contribution in [0.4, 0.5) is 0 Å². The van der Waals surface area contributed by atoms with Crippen LogP contribution < -0.4 is 10.7 Å². The van der Waals surface area contributed by atoms with Crippen LogP contribution in [0.1, 0.15) is 36.8 Å². The molecule has 0 radical (unpaired) electrons. The van der Waals surface area contributed by atoms with Crippen molar-refractivity contribution in [2.45, 2.75) is 45.3 Å². The smallest absolute Gasteiger partial charge is 0.222 e. The molecule has 6 nitrogen and oxygen atoms in total. The molecule has 1 aromatic heterocycles. The average Bonchev–Trinajstić information content (AvgIpc) is 2.79. The van der Waals surface area contributed by atoms with E-state index in [9.17, 15) is 9.59 Å². The largest absolute Gasteiger partial charge is 0.352 e. The van der Waals surface area contributed by atoms with Crippen molar-refractivity contribution in [3.05, 3.63) is 76.1 Å². The third-order valence-corrected chi connectivity index (χ3v) is 5.68. The number of carbonyl (C=O) groups is 1. The van der Waals surface area contributed by atoms with Crippen LogP contribution in [0.25, 0.3) is 10.9 Å². The van der Waals surface area contributed by atoms with Gasteiger partial charge in [0.1, 0.15) is 0 Å². The van der Waals surface area contributed by atoms with E-state index in [0.717, 1.165) is 17.6 Å². The van der Waals surface area contributed by atoms with Gasteiger partial charge >= 0.3 is 0 Å². The summed E-state index contributed by atoms with van der Waals surface area (Å²) in [4.78, 5) is 26.7. The van der Waals surface area contributed by atoms with Crippen LogP contribution in [0.2, 0.25) is 0 Å². The maximum absolute atomic E-state index is 12.3. The molecular weight excluding hydrogens is 376 g/mol. The molecule has 6 heteroatoms. The van der Waals surface area contributed by atoms with Gasteiger partial charge in [0.15, 0.2) is 0 Å². The lowest BCUT2D eigenvalue weighted by atomic mass is 10.1. The van der Waals surface area contributed by atoms with Crippen LogP contribution >= 0.6 is 0 Å². The highest BCUT2D eigenvalue weighted by Crippen LogP contribution is 2.14. The Morgan fingerprint density at radius 1 is 0.967 bits per heavy atom. The first-order valence-electron chi connectivity index (χ1n) is 10.7. The number of carbonyl (C=O) groups excluding carboxylic acids is 1. The monoisotopic (exact) mass is 404 g/mol. The summed E-state index contributed by atoms with van der Waals surface area (Å²) in [5.41, 5.74) is 3.07. The number of piperidine rings is 1. The van der Waals surface area contributed by atoms with Gasteiger partial charge in [-0.15, -0.1) is 0 Å². The van der Waals surface area contributed by atoms with E-state index in [1.807, 2.05) is 18.2 Å². The number of nitrogens with one attached hydrogen (secondary N) is 1. The zero-order chi connectivity index (χ0) is 20.8. The number of amides is 1. The molecule has 0 unspecified atom stereocenters. The number of nitrogens with zero attached hydrogens (tertiary/aromatic N) is 3. The standard InChI is InChI=1S/C24H28N4O2/c29-23-17-26-28(22-7-3-2-6-21(22)23)15-12-24(30)25-16-19-8-10-20(11-9-19)18-27-13-4-1-5-14-27/h2-3,6-11,17H,1,4-5,12-16,18H2,(H,25,30). The van der Waals surface area contributed by atoms with Crippen molar-refractivity contribution in [2.75, 3.05) is 13.1 Å². The number of para-hydroxylation sites is 1. The molecule has 2 heterocycles. The van der Waals surface area contributed by atoms with Gasteiger partial charge in [-0.25, -0.2) is 0 Å². The zero-order valence-corrected chi connectivity index (χ0v) is 17.2. The van der Waals surface area contributed by atoms with E-state index in [-0.39, 0.29) is 11.3 Å². The first kappa shape index (κ1) is 20.3. The summed E-state index contributed by atoms with van der Waals surface area (Å²) in [6, 6.07) is 15.8.